The fraction of sp³-hybridized carbons (Fsp3) is 0.250. The molecule has 0 fully saturated rings. The van der Waals surface area contributed by atoms with Crippen LogP contribution >= 0.6 is 0 Å². The standard InChI is InChI=1S/C12H15N3/c1-10(12-5-3-2-4-6-12)13-7-11-8-14-15-9-11/h2-6,8-10,13H,7H2,1H3,(H,14,15). The molecule has 0 aliphatic carbocycles. The molecule has 78 valence electrons. The SMILES string of the molecule is CC(NCc1cn[nH]c1)c1ccccc1. The maximum Gasteiger partial charge on any atom is 0.0532 e. The minimum Gasteiger partial charge on any atom is -0.306 e. The lowest BCUT2D eigenvalue weighted by Gasteiger charge is -2.13. The lowest BCUT2D eigenvalue weighted by molar-refractivity contribution is 0.575. The van der Waals surface area contributed by atoms with E-state index in [4.69, 9.17) is 0 Å². The first-order chi connectivity index (χ1) is 7.36. The minimum atomic E-state index is 0.362. The van der Waals surface area contributed by atoms with Gasteiger partial charge in [0.2, 0.25) is 0 Å². The highest BCUT2D eigenvalue weighted by atomic mass is 15.1. The second-order valence-corrected chi connectivity index (χ2v) is 3.62. The Kier molecular flexibility index (Phi) is 3.15. The van der Waals surface area contributed by atoms with Crippen molar-refractivity contribution in [2.24, 2.45) is 0 Å². The Labute approximate surface area is 89.5 Å². The lowest BCUT2D eigenvalue weighted by atomic mass is 10.1. The van der Waals surface area contributed by atoms with Gasteiger partial charge in [0.05, 0.1) is 6.20 Å². The zero-order valence-electron chi connectivity index (χ0n) is 8.77. The first-order valence-corrected chi connectivity index (χ1v) is 5.12. The van der Waals surface area contributed by atoms with Crippen LogP contribution in [-0.4, -0.2) is 10.2 Å². The van der Waals surface area contributed by atoms with Gasteiger partial charge >= 0.3 is 0 Å². The second-order valence-electron chi connectivity index (χ2n) is 3.62. The van der Waals surface area contributed by atoms with Crippen LogP contribution in [0.1, 0.15) is 24.1 Å². The largest absolute Gasteiger partial charge is 0.306 e. The van der Waals surface area contributed by atoms with Crippen LogP contribution in [0, 0.1) is 0 Å². The van der Waals surface area contributed by atoms with Crippen molar-refractivity contribution in [3.63, 3.8) is 0 Å². The number of hydrogen-bond donors (Lipinski definition) is 2. The summed E-state index contributed by atoms with van der Waals surface area (Å²) in [4.78, 5) is 0. The van der Waals surface area contributed by atoms with E-state index in [1.54, 1.807) is 0 Å². The molecule has 3 heteroatoms. The first-order valence-electron chi connectivity index (χ1n) is 5.12. The molecule has 1 atom stereocenters. The van der Waals surface area contributed by atoms with Crippen molar-refractivity contribution in [1.29, 1.82) is 0 Å². The minimum absolute atomic E-state index is 0.362. The van der Waals surface area contributed by atoms with Gasteiger partial charge in [0, 0.05) is 24.3 Å². The third kappa shape index (κ3) is 2.67. The average Bonchev–Trinajstić information content (AvgIpc) is 2.80. The quantitative estimate of drug-likeness (QED) is 0.796. The van der Waals surface area contributed by atoms with E-state index < -0.39 is 0 Å². The van der Waals surface area contributed by atoms with Gasteiger partial charge in [0.1, 0.15) is 0 Å². The normalized spacial score (nSPS) is 12.6. The zero-order chi connectivity index (χ0) is 10.5. The third-order valence-corrected chi connectivity index (χ3v) is 2.47. The van der Waals surface area contributed by atoms with Gasteiger partial charge in [-0.1, -0.05) is 30.3 Å². The molecule has 0 radical (unpaired) electrons. The van der Waals surface area contributed by atoms with Gasteiger partial charge in [0.25, 0.3) is 0 Å². The van der Waals surface area contributed by atoms with E-state index in [-0.39, 0.29) is 0 Å². The number of H-pyrrole nitrogens is 1. The maximum absolute atomic E-state index is 3.91. The van der Waals surface area contributed by atoms with Gasteiger partial charge < -0.3 is 5.32 Å². The van der Waals surface area contributed by atoms with Crippen LogP contribution in [0.15, 0.2) is 42.7 Å². The molecule has 2 N–H and O–H groups in total. The summed E-state index contributed by atoms with van der Waals surface area (Å²) in [6, 6.07) is 10.8. The van der Waals surface area contributed by atoms with Crippen LogP contribution in [0.5, 0.6) is 0 Å². The number of hydrogen-bond acceptors (Lipinski definition) is 2. The van der Waals surface area contributed by atoms with Crippen LogP contribution in [0.4, 0.5) is 0 Å². The van der Waals surface area contributed by atoms with Crippen molar-refractivity contribution >= 4 is 0 Å². The van der Waals surface area contributed by atoms with Gasteiger partial charge in [-0.15, -0.1) is 0 Å². The van der Waals surface area contributed by atoms with E-state index in [1.807, 2.05) is 18.5 Å². The van der Waals surface area contributed by atoms with E-state index in [1.165, 1.54) is 11.1 Å². The average molecular weight is 201 g/mol. The van der Waals surface area contributed by atoms with Crippen molar-refractivity contribution in [1.82, 2.24) is 15.5 Å². The second kappa shape index (κ2) is 4.75. The highest BCUT2D eigenvalue weighted by Gasteiger charge is 2.03. The molecule has 0 spiro atoms. The number of rotatable bonds is 4. The Hall–Kier alpha value is -1.61. The van der Waals surface area contributed by atoms with E-state index in [0.29, 0.717) is 6.04 Å². The first kappa shape index (κ1) is 9.93. The predicted octanol–water partition coefficient (Wildman–Crippen LogP) is 2.26. The fourth-order valence-corrected chi connectivity index (χ4v) is 1.50. The van der Waals surface area contributed by atoms with E-state index in [0.717, 1.165) is 6.54 Å². The molecule has 0 saturated heterocycles. The third-order valence-electron chi connectivity index (χ3n) is 2.47. The van der Waals surface area contributed by atoms with Crippen molar-refractivity contribution in [2.75, 3.05) is 0 Å². The molecule has 2 rings (SSSR count). The number of aromatic nitrogens is 2. The molecular formula is C12H15N3. The maximum atomic E-state index is 3.91. The summed E-state index contributed by atoms with van der Waals surface area (Å²) in [6.45, 7) is 3.00. The highest BCUT2D eigenvalue weighted by Crippen LogP contribution is 2.11. The molecule has 1 aromatic carbocycles. The predicted molar refractivity (Wildman–Crippen MR) is 60.3 cm³/mol. The number of benzene rings is 1. The number of aromatic amines is 1. The molecule has 15 heavy (non-hydrogen) atoms. The molecule has 2 aromatic rings. The van der Waals surface area contributed by atoms with Gasteiger partial charge in [-0.2, -0.15) is 5.10 Å². The van der Waals surface area contributed by atoms with Gasteiger partial charge in [-0.05, 0) is 12.5 Å². The topological polar surface area (TPSA) is 40.7 Å². The lowest BCUT2D eigenvalue weighted by Crippen LogP contribution is -2.17. The van der Waals surface area contributed by atoms with Gasteiger partial charge in [-0.25, -0.2) is 0 Å². The van der Waals surface area contributed by atoms with Crippen LogP contribution in [0.25, 0.3) is 0 Å². The Morgan fingerprint density at radius 1 is 1.33 bits per heavy atom. The Morgan fingerprint density at radius 2 is 2.13 bits per heavy atom. The monoisotopic (exact) mass is 201 g/mol. The van der Waals surface area contributed by atoms with Crippen LogP contribution < -0.4 is 5.32 Å². The van der Waals surface area contributed by atoms with E-state index in [9.17, 15) is 0 Å². The van der Waals surface area contributed by atoms with Crippen molar-refractivity contribution in [2.45, 2.75) is 19.5 Å². The van der Waals surface area contributed by atoms with Crippen molar-refractivity contribution < 1.29 is 0 Å². The molecule has 0 amide bonds. The summed E-state index contributed by atoms with van der Waals surface area (Å²) in [5.41, 5.74) is 2.48. The highest BCUT2D eigenvalue weighted by molar-refractivity contribution is 5.18. The molecule has 0 aliphatic rings. The molecule has 0 aliphatic heterocycles. The Bertz CT molecular complexity index is 381. The summed E-state index contributed by atoms with van der Waals surface area (Å²) in [6.07, 6.45) is 3.75. The zero-order valence-corrected chi connectivity index (χ0v) is 8.77. The molecule has 1 aromatic heterocycles. The van der Waals surface area contributed by atoms with Crippen LogP contribution in [0.2, 0.25) is 0 Å². The molecule has 0 bridgehead atoms. The summed E-state index contributed by atoms with van der Waals surface area (Å²) in [7, 11) is 0. The Morgan fingerprint density at radius 3 is 2.80 bits per heavy atom. The summed E-state index contributed by atoms with van der Waals surface area (Å²) in [5, 5.41) is 10.2. The summed E-state index contributed by atoms with van der Waals surface area (Å²) >= 11 is 0. The fourth-order valence-electron chi connectivity index (χ4n) is 1.50. The van der Waals surface area contributed by atoms with Gasteiger partial charge in [0.15, 0.2) is 0 Å². The van der Waals surface area contributed by atoms with Crippen LogP contribution in [0.3, 0.4) is 0 Å². The smallest absolute Gasteiger partial charge is 0.0532 e. The van der Waals surface area contributed by atoms with Crippen molar-refractivity contribution in [3.05, 3.63) is 53.9 Å². The van der Waals surface area contributed by atoms with E-state index >= 15 is 0 Å². The summed E-state index contributed by atoms with van der Waals surface area (Å²) in [5.74, 6) is 0. The molecule has 1 unspecified atom stereocenters. The van der Waals surface area contributed by atoms with Crippen LogP contribution in [-0.2, 0) is 6.54 Å². The molecule has 3 nitrogen and oxygen atoms in total. The Balaban J connectivity index is 1.90. The number of nitrogens with one attached hydrogen (secondary N) is 2. The molecular weight excluding hydrogens is 186 g/mol. The molecule has 1 heterocycles. The van der Waals surface area contributed by atoms with Crippen molar-refractivity contribution in [3.8, 4) is 0 Å². The molecule has 0 saturated carbocycles. The van der Waals surface area contributed by atoms with Gasteiger partial charge in [-0.3, -0.25) is 5.10 Å². The van der Waals surface area contributed by atoms with E-state index in [2.05, 4.69) is 46.7 Å². The number of nitrogens with zero attached hydrogens (tertiary/aromatic N) is 1. The summed E-state index contributed by atoms with van der Waals surface area (Å²) < 4.78 is 0.